The first kappa shape index (κ1) is 20.1. The third kappa shape index (κ3) is 4.26. The Bertz CT molecular complexity index is 828. The monoisotopic (exact) mass is 383 g/mol. The number of carbonyl (C=O) groups excluding carboxylic acids is 2. The Morgan fingerprint density at radius 1 is 1.25 bits per heavy atom. The molecule has 28 heavy (non-hydrogen) atoms. The molecule has 1 aromatic carbocycles. The van der Waals surface area contributed by atoms with E-state index < -0.39 is 5.41 Å². The summed E-state index contributed by atoms with van der Waals surface area (Å²) in [7, 11) is 0. The maximum Gasteiger partial charge on any atom is 0.228 e. The summed E-state index contributed by atoms with van der Waals surface area (Å²) >= 11 is 0. The summed E-state index contributed by atoms with van der Waals surface area (Å²) in [6.45, 7) is 7.50. The first-order valence-electron chi connectivity index (χ1n) is 10.1. The fourth-order valence-electron chi connectivity index (χ4n) is 3.92. The summed E-state index contributed by atoms with van der Waals surface area (Å²) in [5, 5.41) is 7.16. The van der Waals surface area contributed by atoms with Crippen molar-refractivity contribution in [3.05, 3.63) is 41.7 Å². The molecule has 0 bridgehead atoms. The van der Waals surface area contributed by atoms with E-state index in [0.29, 0.717) is 38.2 Å². The van der Waals surface area contributed by atoms with Crippen LogP contribution in [0.25, 0.3) is 11.3 Å². The second-order valence-corrected chi connectivity index (χ2v) is 7.63. The van der Waals surface area contributed by atoms with Crippen molar-refractivity contribution in [3.63, 3.8) is 0 Å². The number of aryl methyl sites for hydroxylation is 1. The topological polar surface area (TPSA) is 75.4 Å². The molecule has 6 nitrogen and oxygen atoms in total. The molecule has 1 aromatic heterocycles. The number of likely N-dealkylation sites (tertiary alicyclic amines) is 1. The first-order chi connectivity index (χ1) is 13.5. The number of hydrogen-bond donors (Lipinski definition) is 1. The zero-order valence-electron chi connectivity index (χ0n) is 17.0. The van der Waals surface area contributed by atoms with E-state index in [2.05, 4.69) is 10.5 Å². The third-order valence-electron chi connectivity index (χ3n) is 5.47. The maximum absolute atomic E-state index is 13.0. The number of nitrogens with zero attached hydrogens (tertiary/aromatic N) is 2. The van der Waals surface area contributed by atoms with Gasteiger partial charge in [-0.3, -0.25) is 9.59 Å². The van der Waals surface area contributed by atoms with E-state index in [9.17, 15) is 9.59 Å². The van der Waals surface area contributed by atoms with Gasteiger partial charge in [0.25, 0.3) is 0 Å². The van der Waals surface area contributed by atoms with Gasteiger partial charge in [-0.2, -0.15) is 0 Å². The molecule has 1 fully saturated rings. The Balaban J connectivity index is 1.85. The van der Waals surface area contributed by atoms with Gasteiger partial charge in [0, 0.05) is 44.1 Å². The first-order valence-corrected chi connectivity index (χ1v) is 10.1. The van der Waals surface area contributed by atoms with E-state index in [1.54, 1.807) is 0 Å². The van der Waals surface area contributed by atoms with Gasteiger partial charge >= 0.3 is 0 Å². The second kappa shape index (κ2) is 8.59. The SMILES string of the molecule is CCNC(=O)C1(Cc2cc(-c3ccc(C)cc3)no2)CCCN(C(=O)CC)C1. The molecule has 1 atom stereocenters. The van der Waals surface area contributed by atoms with Crippen LogP contribution in [-0.4, -0.2) is 41.5 Å². The number of aromatic nitrogens is 1. The van der Waals surface area contributed by atoms with Crippen LogP contribution in [0.1, 0.15) is 44.4 Å². The number of nitrogens with one attached hydrogen (secondary N) is 1. The van der Waals surface area contributed by atoms with Crippen LogP contribution in [0.2, 0.25) is 0 Å². The molecule has 0 spiro atoms. The lowest BCUT2D eigenvalue weighted by molar-refractivity contribution is -0.141. The smallest absolute Gasteiger partial charge is 0.228 e. The summed E-state index contributed by atoms with van der Waals surface area (Å²) < 4.78 is 5.59. The molecular formula is C22H29N3O3. The summed E-state index contributed by atoms with van der Waals surface area (Å²) in [4.78, 5) is 27.1. The van der Waals surface area contributed by atoms with Crippen LogP contribution in [0.4, 0.5) is 0 Å². The molecule has 6 heteroatoms. The third-order valence-corrected chi connectivity index (χ3v) is 5.47. The highest BCUT2D eigenvalue weighted by atomic mass is 16.5. The summed E-state index contributed by atoms with van der Waals surface area (Å²) in [6, 6.07) is 10.0. The van der Waals surface area contributed by atoms with Gasteiger partial charge in [-0.05, 0) is 26.7 Å². The molecule has 2 aromatic rings. The van der Waals surface area contributed by atoms with Crippen molar-refractivity contribution >= 4 is 11.8 Å². The fourth-order valence-corrected chi connectivity index (χ4v) is 3.92. The molecular weight excluding hydrogens is 354 g/mol. The molecule has 1 saturated heterocycles. The number of benzene rings is 1. The molecule has 1 unspecified atom stereocenters. The molecule has 2 heterocycles. The van der Waals surface area contributed by atoms with Crippen molar-refractivity contribution in [1.82, 2.24) is 15.4 Å². The van der Waals surface area contributed by atoms with Gasteiger partial charge in [-0.1, -0.05) is 41.9 Å². The van der Waals surface area contributed by atoms with Crippen molar-refractivity contribution in [2.45, 2.75) is 46.5 Å². The van der Waals surface area contributed by atoms with Gasteiger partial charge in [0.05, 0.1) is 5.41 Å². The molecule has 0 radical (unpaired) electrons. The van der Waals surface area contributed by atoms with E-state index in [-0.39, 0.29) is 11.8 Å². The lowest BCUT2D eigenvalue weighted by Crippen LogP contribution is -2.54. The van der Waals surface area contributed by atoms with E-state index in [4.69, 9.17) is 4.52 Å². The average molecular weight is 383 g/mol. The van der Waals surface area contributed by atoms with E-state index in [1.807, 2.05) is 56.0 Å². The Hall–Kier alpha value is -2.63. The minimum Gasteiger partial charge on any atom is -0.361 e. The standard InChI is InChI=1S/C22H29N3O3/c1-4-20(26)25-12-6-11-22(15-25,21(27)23-5-2)14-18-13-19(24-28-18)17-9-7-16(3)8-10-17/h7-10,13H,4-6,11-12,14-15H2,1-3H3,(H,23,27). The van der Waals surface area contributed by atoms with Crippen LogP contribution in [0.5, 0.6) is 0 Å². The number of rotatable bonds is 6. The fraction of sp³-hybridized carbons (Fsp3) is 0.500. The highest BCUT2D eigenvalue weighted by Crippen LogP contribution is 2.35. The molecule has 1 aliphatic heterocycles. The van der Waals surface area contributed by atoms with Gasteiger partial charge in [0.1, 0.15) is 11.5 Å². The Morgan fingerprint density at radius 2 is 2.00 bits per heavy atom. The quantitative estimate of drug-likeness (QED) is 0.830. The van der Waals surface area contributed by atoms with Gasteiger partial charge in [0.15, 0.2) is 0 Å². The zero-order chi connectivity index (χ0) is 20.1. The van der Waals surface area contributed by atoms with Crippen molar-refractivity contribution < 1.29 is 14.1 Å². The maximum atomic E-state index is 13.0. The largest absolute Gasteiger partial charge is 0.361 e. The summed E-state index contributed by atoms with van der Waals surface area (Å²) in [5.74, 6) is 0.746. The molecule has 1 aliphatic rings. The minimum absolute atomic E-state index is 0.0168. The van der Waals surface area contributed by atoms with Crippen LogP contribution in [0.15, 0.2) is 34.9 Å². The Morgan fingerprint density at radius 3 is 2.68 bits per heavy atom. The van der Waals surface area contributed by atoms with Gasteiger partial charge in [-0.25, -0.2) is 0 Å². The lowest BCUT2D eigenvalue weighted by Gasteiger charge is -2.41. The number of amides is 2. The predicted octanol–water partition coefficient (Wildman–Crippen LogP) is 3.35. The van der Waals surface area contributed by atoms with Crippen LogP contribution < -0.4 is 5.32 Å². The van der Waals surface area contributed by atoms with Crippen LogP contribution >= 0.6 is 0 Å². The molecule has 0 aliphatic carbocycles. The summed E-state index contributed by atoms with van der Waals surface area (Å²) in [6.07, 6.45) is 2.42. The number of piperidine rings is 1. The normalized spacial score (nSPS) is 19.5. The van der Waals surface area contributed by atoms with E-state index in [0.717, 1.165) is 24.1 Å². The Labute approximate surface area is 166 Å². The molecule has 150 valence electrons. The zero-order valence-corrected chi connectivity index (χ0v) is 17.0. The van der Waals surface area contributed by atoms with Gasteiger partial charge in [0.2, 0.25) is 11.8 Å². The molecule has 2 amide bonds. The molecule has 1 N–H and O–H groups in total. The van der Waals surface area contributed by atoms with Crippen LogP contribution in [0, 0.1) is 12.3 Å². The van der Waals surface area contributed by atoms with Crippen molar-refractivity contribution in [2.75, 3.05) is 19.6 Å². The van der Waals surface area contributed by atoms with Crippen molar-refractivity contribution in [3.8, 4) is 11.3 Å². The number of carbonyl (C=O) groups is 2. The van der Waals surface area contributed by atoms with E-state index in [1.165, 1.54) is 5.56 Å². The summed E-state index contributed by atoms with van der Waals surface area (Å²) in [5.41, 5.74) is 2.26. The predicted molar refractivity (Wildman–Crippen MR) is 108 cm³/mol. The average Bonchev–Trinajstić information content (AvgIpc) is 3.16. The molecule has 3 rings (SSSR count). The van der Waals surface area contributed by atoms with Crippen molar-refractivity contribution in [1.29, 1.82) is 0 Å². The van der Waals surface area contributed by atoms with Gasteiger partial charge in [-0.15, -0.1) is 0 Å². The molecule has 0 saturated carbocycles. The second-order valence-electron chi connectivity index (χ2n) is 7.63. The number of hydrogen-bond acceptors (Lipinski definition) is 4. The minimum atomic E-state index is -0.677. The van der Waals surface area contributed by atoms with Gasteiger partial charge < -0.3 is 14.7 Å². The van der Waals surface area contributed by atoms with Crippen LogP contribution in [0.3, 0.4) is 0 Å². The highest BCUT2D eigenvalue weighted by Gasteiger charge is 2.44. The van der Waals surface area contributed by atoms with Crippen molar-refractivity contribution in [2.24, 2.45) is 5.41 Å². The van der Waals surface area contributed by atoms with E-state index >= 15 is 0 Å². The Kier molecular flexibility index (Phi) is 6.17. The van der Waals surface area contributed by atoms with Crippen LogP contribution in [-0.2, 0) is 16.0 Å². The highest BCUT2D eigenvalue weighted by molar-refractivity contribution is 5.85. The lowest BCUT2D eigenvalue weighted by atomic mass is 9.75.